The lowest BCUT2D eigenvalue weighted by atomic mass is 10.0. The minimum Gasteiger partial charge on any atom is -0.391 e. The van der Waals surface area contributed by atoms with Crippen LogP contribution in [0.15, 0.2) is 48.8 Å². The molecule has 0 saturated carbocycles. The highest BCUT2D eigenvalue weighted by Crippen LogP contribution is 2.18. The fraction of sp³-hybridized carbons (Fsp3) is 0.375. The molecule has 1 aromatic carbocycles. The number of aliphatic hydroxyl groups excluding tert-OH is 1. The minimum absolute atomic E-state index is 0. The van der Waals surface area contributed by atoms with Crippen LogP contribution in [0, 0.1) is 5.92 Å². The molecule has 124 valence electrons. The van der Waals surface area contributed by atoms with Crippen LogP contribution in [-0.2, 0) is 4.79 Å². The van der Waals surface area contributed by atoms with Gasteiger partial charge in [0.2, 0.25) is 5.91 Å². The molecule has 2 heterocycles. The van der Waals surface area contributed by atoms with Gasteiger partial charge in [0.05, 0.1) is 6.10 Å². The number of aliphatic hydroxyl groups is 1. The van der Waals surface area contributed by atoms with Crippen molar-refractivity contribution in [3.63, 3.8) is 0 Å². The van der Waals surface area contributed by atoms with E-state index in [4.69, 9.17) is 0 Å². The van der Waals surface area contributed by atoms with E-state index in [2.05, 4.69) is 15.7 Å². The number of nitrogens with one attached hydrogen (secondary N) is 2. The Balaban J connectivity index is 0.00000192. The maximum atomic E-state index is 12.6. The second kappa shape index (κ2) is 8.10. The lowest BCUT2D eigenvalue weighted by Gasteiger charge is -2.20. The predicted octanol–water partition coefficient (Wildman–Crippen LogP) is 0.591. The Hall–Kier alpha value is -1.89. The van der Waals surface area contributed by atoms with Crippen molar-refractivity contribution in [3.8, 4) is 0 Å². The smallest absolute Gasteiger partial charge is 0.249 e. The molecule has 7 heteroatoms. The van der Waals surface area contributed by atoms with Crippen molar-refractivity contribution in [2.75, 3.05) is 19.6 Å². The zero-order valence-electron chi connectivity index (χ0n) is 12.6. The molecule has 1 amide bonds. The Morgan fingerprint density at radius 3 is 2.74 bits per heavy atom. The van der Waals surface area contributed by atoms with Gasteiger partial charge in [0.1, 0.15) is 0 Å². The molecule has 23 heavy (non-hydrogen) atoms. The maximum absolute atomic E-state index is 12.6. The van der Waals surface area contributed by atoms with E-state index < -0.39 is 12.1 Å². The number of carbonyl (C=O) groups excluding carboxylic acids is 1. The Bertz CT molecular complexity index is 606. The van der Waals surface area contributed by atoms with Crippen molar-refractivity contribution >= 4 is 18.3 Å². The highest BCUT2D eigenvalue weighted by molar-refractivity contribution is 5.85. The van der Waals surface area contributed by atoms with E-state index in [0.717, 1.165) is 12.1 Å². The summed E-state index contributed by atoms with van der Waals surface area (Å²) in [5, 5.41) is 20.1. The highest BCUT2D eigenvalue weighted by Gasteiger charge is 2.28. The van der Waals surface area contributed by atoms with Crippen molar-refractivity contribution in [1.29, 1.82) is 0 Å². The largest absolute Gasteiger partial charge is 0.391 e. The first-order valence-electron chi connectivity index (χ1n) is 7.46. The molecule has 0 bridgehead atoms. The fourth-order valence-electron chi connectivity index (χ4n) is 2.75. The zero-order valence-corrected chi connectivity index (χ0v) is 13.4. The molecule has 3 rings (SSSR count). The van der Waals surface area contributed by atoms with Crippen molar-refractivity contribution in [1.82, 2.24) is 20.4 Å². The van der Waals surface area contributed by atoms with E-state index in [1.165, 1.54) is 0 Å². The van der Waals surface area contributed by atoms with Gasteiger partial charge < -0.3 is 15.7 Å². The average Bonchev–Trinajstić information content (AvgIpc) is 3.19. The van der Waals surface area contributed by atoms with Gasteiger partial charge in [-0.2, -0.15) is 5.10 Å². The van der Waals surface area contributed by atoms with Gasteiger partial charge in [-0.3, -0.25) is 9.48 Å². The van der Waals surface area contributed by atoms with Gasteiger partial charge in [0.25, 0.3) is 0 Å². The van der Waals surface area contributed by atoms with Gasteiger partial charge in [0.15, 0.2) is 6.04 Å². The molecule has 3 N–H and O–H groups in total. The van der Waals surface area contributed by atoms with Crippen LogP contribution in [-0.4, -0.2) is 46.5 Å². The summed E-state index contributed by atoms with van der Waals surface area (Å²) in [5.74, 6) is -0.0630. The van der Waals surface area contributed by atoms with Crippen molar-refractivity contribution in [2.45, 2.75) is 12.1 Å². The van der Waals surface area contributed by atoms with Crippen LogP contribution in [0.1, 0.15) is 11.6 Å². The summed E-state index contributed by atoms with van der Waals surface area (Å²) in [6.07, 6.45) is 3.04. The van der Waals surface area contributed by atoms with Crippen molar-refractivity contribution in [2.24, 2.45) is 5.92 Å². The summed E-state index contributed by atoms with van der Waals surface area (Å²) in [4.78, 5) is 12.6. The number of hydrogen-bond acceptors (Lipinski definition) is 4. The van der Waals surface area contributed by atoms with Gasteiger partial charge >= 0.3 is 0 Å². The SMILES string of the molecule is Cl.O=C(NCC1CNCC1O)C(c1ccccc1)n1cccn1. The Morgan fingerprint density at radius 1 is 1.35 bits per heavy atom. The number of amides is 1. The summed E-state index contributed by atoms with van der Waals surface area (Å²) < 4.78 is 1.65. The van der Waals surface area contributed by atoms with Crippen LogP contribution >= 0.6 is 12.4 Å². The average molecular weight is 337 g/mol. The first kappa shape index (κ1) is 17.5. The summed E-state index contributed by atoms with van der Waals surface area (Å²) in [5.41, 5.74) is 0.883. The summed E-state index contributed by atoms with van der Waals surface area (Å²) in [6.45, 7) is 1.76. The molecule has 6 nitrogen and oxygen atoms in total. The van der Waals surface area contributed by atoms with Crippen LogP contribution in [0.5, 0.6) is 0 Å². The van der Waals surface area contributed by atoms with E-state index >= 15 is 0 Å². The Morgan fingerprint density at radius 2 is 2.13 bits per heavy atom. The van der Waals surface area contributed by atoms with Gasteiger partial charge in [0, 0.05) is 37.9 Å². The van der Waals surface area contributed by atoms with E-state index in [0.29, 0.717) is 13.1 Å². The number of β-amino-alcohol motifs (C(OH)–C–C–N with tert-alkyl or cyclic N) is 1. The monoisotopic (exact) mass is 336 g/mol. The standard InChI is InChI=1S/C16H20N4O2.ClH/c21-14-11-17-9-13(14)10-18-16(22)15(20-8-4-7-19-20)12-5-2-1-3-6-12;/h1-8,13-15,17,21H,9-11H2,(H,18,22);1H. The second-order valence-electron chi connectivity index (χ2n) is 5.53. The number of hydrogen-bond donors (Lipinski definition) is 3. The number of carbonyl (C=O) groups is 1. The molecule has 0 spiro atoms. The van der Waals surface area contributed by atoms with Crippen molar-refractivity contribution in [3.05, 3.63) is 54.4 Å². The van der Waals surface area contributed by atoms with Crippen LogP contribution in [0.3, 0.4) is 0 Å². The van der Waals surface area contributed by atoms with Crippen LogP contribution < -0.4 is 10.6 Å². The molecule has 0 radical (unpaired) electrons. The molecule has 1 fully saturated rings. The molecule has 1 aliphatic rings. The molecular weight excluding hydrogens is 316 g/mol. The Kier molecular flexibility index (Phi) is 6.15. The van der Waals surface area contributed by atoms with Crippen LogP contribution in [0.25, 0.3) is 0 Å². The fourth-order valence-corrected chi connectivity index (χ4v) is 2.75. The van der Waals surface area contributed by atoms with Gasteiger partial charge in [-0.15, -0.1) is 12.4 Å². The first-order valence-corrected chi connectivity index (χ1v) is 7.46. The third kappa shape index (κ3) is 4.10. The minimum atomic E-state index is -0.497. The third-order valence-electron chi connectivity index (χ3n) is 4.00. The maximum Gasteiger partial charge on any atom is 0.249 e. The topological polar surface area (TPSA) is 79.2 Å². The van der Waals surface area contributed by atoms with Crippen LogP contribution in [0.2, 0.25) is 0 Å². The van der Waals surface area contributed by atoms with E-state index in [1.807, 2.05) is 30.3 Å². The number of benzene rings is 1. The van der Waals surface area contributed by atoms with E-state index in [1.54, 1.807) is 23.1 Å². The second-order valence-corrected chi connectivity index (χ2v) is 5.53. The number of halogens is 1. The lowest BCUT2D eigenvalue weighted by Crippen LogP contribution is -2.39. The summed E-state index contributed by atoms with van der Waals surface area (Å²) in [7, 11) is 0. The van der Waals surface area contributed by atoms with Gasteiger partial charge in [-0.25, -0.2) is 0 Å². The highest BCUT2D eigenvalue weighted by atomic mass is 35.5. The summed E-state index contributed by atoms with van der Waals surface area (Å²) >= 11 is 0. The first-order chi connectivity index (χ1) is 10.8. The van der Waals surface area contributed by atoms with Crippen LogP contribution in [0.4, 0.5) is 0 Å². The Labute approximate surface area is 141 Å². The number of rotatable bonds is 5. The van der Waals surface area contributed by atoms with Gasteiger partial charge in [-0.05, 0) is 11.6 Å². The normalized spacial score (nSPS) is 21.4. The molecule has 2 aromatic rings. The molecule has 1 aliphatic heterocycles. The zero-order chi connectivity index (χ0) is 15.4. The predicted molar refractivity (Wildman–Crippen MR) is 89.4 cm³/mol. The molecule has 3 unspecified atom stereocenters. The van der Waals surface area contributed by atoms with Gasteiger partial charge in [-0.1, -0.05) is 30.3 Å². The number of nitrogens with zero attached hydrogens (tertiary/aromatic N) is 2. The van der Waals surface area contributed by atoms with E-state index in [-0.39, 0.29) is 24.2 Å². The third-order valence-corrected chi connectivity index (χ3v) is 4.00. The van der Waals surface area contributed by atoms with Crippen molar-refractivity contribution < 1.29 is 9.90 Å². The summed E-state index contributed by atoms with van der Waals surface area (Å²) in [6, 6.07) is 10.9. The van der Waals surface area contributed by atoms with E-state index in [9.17, 15) is 9.90 Å². The number of aromatic nitrogens is 2. The molecule has 1 aromatic heterocycles. The quantitative estimate of drug-likeness (QED) is 0.746. The molecule has 0 aliphatic carbocycles. The molecule has 3 atom stereocenters. The molecule has 1 saturated heterocycles. The lowest BCUT2D eigenvalue weighted by molar-refractivity contribution is -0.123. The molecular formula is C16H21ClN4O2.